The molecule has 0 fully saturated rings. The average molecular weight is 399 g/mol. The zero-order chi connectivity index (χ0) is 19.6. The van der Waals surface area contributed by atoms with Gasteiger partial charge in [0.1, 0.15) is 10.6 Å². The van der Waals surface area contributed by atoms with Crippen molar-refractivity contribution in [2.75, 3.05) is 0 Å². The van der Waals surface area contributed by atoms with Gasteiger partial charge < -0.3 is 0 Å². The van der Waals surface area contributed by atoms with Crippen molar-refractivity contribution in [2.24, 2.45) is 11.1 Å². The number of oxime groups is 1. The number of nitro benzene ring substituents is 1. The van der Waals surface area contributed by atoms with Crippen LogP contribution in [0.2, 0.25) is 0 Å². The quantitative estimate of drug-likeness (QED) is 0.426. The Hall–Kier alpha value is -2.52. The maximum absolute atomic E-state index is 12.2. The molecule has 26 heavy (non-hydrogen) atoms. The summed E-state index contributed by atoms with van der Waals surface area (Å²) in [6, 6.07) is 4.39. The molecule has 0 spiro atoms. The molecular formula is C16H15ClN2O6S. The van der Waals surface area contributed by atoms with Crippen molar-refractivity contribution in [1.29, 1.82) is 0 Å². The highest BCUT2D eigenvalue weighted by Gasteiger charge is 2.27. The Balaban J connectivity index is 2.39. The smallest absolute Gasteiger partial charge is 0.288 e. The second kappa shape index (κ2) is 7.38. The van der Waals surface area contributed by atoms with Crippen LogP contribution in [0.4, 0.5) is 5.69 Å². The molecule has 0 heterocycles. The molecule has 0 unspecified atom stereocenters. The molecule has 1 aliphatic carbocycles. The van der Waals surface area contributed by atoms with Crippen LogP contribution >= 0.6 is 11.6 Å². The Morgan fingerprint density at radius 2 is 1.96 bits per heavy atom. The van der Waals surface area contributed by atoms with Gasteiger partial charge in [-0.3, -0.25) is 19.2 Å². The number of benzene rings is 1. The molecule has 138 valence electrons. The Morgan fingerprint density at radius 3 is 2.54 bits per heavy atom. The molecule has 0 amide bonds. The van der Waals surface area contributed by atoms with Gasteiger partial charge >= 0.3 is 10.1 Å². The number of rotatable bonds is 5. The highest BCUT2D eigenvalue weighted by Crippen LogP contribution is 2.27. The van der Waals surface area contributed by atoms with Crippen LogP contribution in [0, 0.1) is 16.0 Å². The SMILES string of the molecule is CC1=C(Cl)C(=O)C(C(C)C)=C/C1=N/OS(=O)(=O)c1cccc([N+](=O)[O-])c1. The zero-order valence-corrected chi connectivity index (χ0v) is 15.7. The van der Waals surface area contributed by atoms with Crippen LogP contribution in [0.15, 0.2) is 56.6 Å². The summed E-state index contributed by atoms with van der Waals surface area (Å²) in [6.07, 6.45) is 1.41. The lowest BCUT2D eigenvalue weighted by Crippen LogP contribution is -2.19. The van der Waals surface area contributed by atoms with E-state index in [1.807, 2.05) is 0 Å². The van der Waals surface area contributed by atoms with Crippen molar-refractivity contribution in [3.8, 4) is 0 Å². The number of carbonyl (C=O) groups excluding carboxylic acids is 1. The van der Waals surface area contributed by atoms with E-state index in [1.54, 1.807) is 13.8 Å². The topological polar surface area (TPSA) is 116 Å². The molecule has 1 aliphatic rings. The van der Waals surface area contributed by atoms with Crippen LogP contribution in [0.25, 0.3) is 0 Å². The van der Waals surface area contributed by atoms with E-state index in [0.717, 1.165) is 18.2 Å². The van der Waals surface area contributed by atoms with Crippen molar-refractivity contribution < 1.29 is 22.4 Å². The predicted molar refractivity (Wildman–Crippen MR) is 95.3 cm³/mol. The van der Waals surface area contributed by atoms with Gasteiger partial charge in [0.15, 0.2) is 0 Å². The highest BCUT2D eigenvalue weighted by atomic mass is 35.5. The number of ketones is 1. The molecule has 1 aromatic carbocycles. The minimum absolute atomic E-state index is 0.0636. The number of non-ortho nitro benzene ring substituents is 1. The largest absolute Gasteiger partial charge is 0.358 e. The van der Waals surface area contributed by atoms with E-state index in [1.165, 1.54) is 19.1 Å². The van der Waals surface area contributed by atoms with E-state index in [0.29, 0.717) is 5.57 Å². The lowest BCUT2D eigenvalue weighted by molar-refractivity contribution is -0.385. The summed E-state index contributed by atoms with van der Waals surface area (Å²) in [5, 5.41) is 14.3. The summed E-state index contributed by atoms with van der Waals surface area (Å²) < 4.78 is 29.1. The van der Waals surface area contributed by atoms with Gasteiger partial charge in [0.25, 0.3) is 5.69 Å². The third-order valence-electron chi connectivity index (χ3n) is 3.64. The van der Waals surface area contributed by atoms with Gasteiger partial charge in [0.2, 0.25) is 5.78 Å². The van der Waals surface area contributed by atoms with E-state index in [2.05, 4.69) is 9.44 Å². The second-order valence-corrected chi connectivity index (χ2v) is 7.69. The molecule has 0 aromatic heterocycles. The molecule has 10 heteroatoms. The minimum Gasteiger partial charge on any atom is -0.288 e. The fourth-order valence-electron chi connectivity index (χ4n) is 2.14. The number of halogens is 1. The van der Waals surface area contributed by atoms with Crippen molar-refractivity contribution in [3.05, 3.63) is 56.6 Å². The highest BCUT2D eigenvalue weighted by molar-refractivity contribution is 7.86. The Bertz CT molecular complexity index is 976. The summed E-state index contributed by atoms with van der Waals surface area (Å²) >= 11 is 6.00. The van der Waals surface area contributed by atoms with Crippen molar-refractivity contribution in [3.63, 3.8) is 0 Å². The lowest BCUT2D eigenvalue weighted by atomic mass is 9.90. The summed E-state index contributed by atoms with van der Waals surface area (Å²) in [6.45, 7) is 5.08. The third kappa shape index (κ3) is 4.00. The van der Waals surface area contributed by atoms with Gasteiger partial charge in [0, 0.05) is 23.3 Å². The van der Waals surface area contributed by atoms with Gasteiger partial charge in [-0.2, -0.15) is 8.42 Å². The normalized spacial score (nSPS) is 16.9. The summed E-state index contributed by atoms with van der Waals surface area (Å²) in [4.78, 5) is 21.8. The monoisotopic (exact) mass is 398 g/mol. The maximum Gasteiger partial charge on any atom is 0.358 e. The summed E-state index contributed by atoms with van der Waals surface area (Å²) in [5.41, 5.74) is 0.338. The van der Waals surface area contributed by atoms with Crippen LogP contribution in [0.1, 0.15) is 20.8 Å². The number of nitro groups is 1. The van der Waals surface area contributed by atoms with E-state index in [-0.39, 0.29) is 28.0 Å². The van der Waals surface area contributed by atoms with Crippen LogP contribution in [-0.4, -0.2) is 24.8 Å². The molecular weight excluding hydrogens is 384 g/mol. The summed E-state index contributed by atoms with van der Waals surface area (Å²) in [5.74, 6) is -0.498. The van der Waals surface area contributed by atoms with Crippen LogP contribution in [-0.2, 0) is 19.2 Å². The van der Waals surface area contributed by atoms with E-state index in [9.17, 15) is 23.3 Å². The van der Waals surface area contributed by atoms with Gasteiger partial charge in [-0.05, 0) is 25.0 Å². The molecule has 0 atom stereocenters. The first kappa shape index (κ1) is 19.8. The van der Waals surface area contributed by atoms with Gasteiger partial charge in [0.05, 0.1) is 9.96 Å². The lowest BCUT2D eigenvalue weighted by Gasteiger charge is -2.17. The fourth-order valence-corrected chi connectivity index (χ4v) is 3.12. The van der Waals surface area contributed by atoms with Crippen molar-refractivity contribution >= 4 is 38.9 Å². The number of Topliss-reactive ketones (excluding diaryl/α,β-unsaturated/α-hetero) is 1. The van der Waals surface area contributed by atoms with Crippen LogP contribution in [0.5, 0.6) is 0 Å². The van der Waals surface area contributed by atoms with Crippen molar-refractivity contribution in [1.82, 2.24) is 0 Å². The number of hydrogen-bond acceptors (Lipinski definition) is 7. The molecule has 0 radical (unpaired) electrons. The molecule has 8 nitrogen and oxygen atoms in total. The van der Waals surface area contributed by atoms with Crippen LogP contribution < -0.4 is 0 Å². The minimum atomic E-state index is -4.38. The summed E-state index contributed by atoms with van der Waals surface area (Å²) in [7, 11) is -4.38. The molecule has 0 saturated carbocycles. The van der Waals surface area contributed by atoms with Crippen molar-refractivity contribution in [2.45, 2.75) is 25.7 Å². The number of hydrogen-bond donors (Lipinski definition) is 0. The molecule has 0 bridgehead atoms. The standard InChI is InChI=1S/C16H15ClN2O6S/c1-9(2)13-8-14(10(3)15(17)16(13)20)18-25-26(23,24)12-6-4-5-11(7-12)19(21)22/h4-9H,1-3H3/b18-14-. The zero-order valence-electron chi connectivity index (χ0n) is 14.1. The molecule has 0 N–H and O–H groups in total. The molecule has 0 aliphatic heterocycles. The number of nitrogens with zero attached hydrogens (tertiary/aromatic N) is 2. The van der Waals surface area contributed by atoms with Gasteiger partial charge in [-0.15, -0.1) is 0 Å². The maximum atomic E-state index is 12.2. The molecule has 0 saturated heterocycles. The Labute approximate surface area is 155 Å². The Kier molecular flexibility index (Phi) is 5.62. The van der Waals surface area contributed by atoms with Crippen LogP contribution in [0.3, 0.4) is 0 Å². The second-order valence-electron chi connectivity index (χ2n) is 5.78. The fraction of sp³-hybridized carbons (Fsp3) is 0.250. The predicted octanol–water partition coefficient (Wildman–Crippen LogP) is 3.33. The first-order valence-corrected chi connectivity index (χ1v) is 9.22. The van der Waals surface area contributed by atoms with Gasteiger partial charge in [-0.25, -0.2) is 0 Å². The first-order valence-electron chi connectivity index (χ1n) is 7.43. The molecule has 2 rings (SSSR count). The number of allylic oxidation sites excluding steroid dienone is 4. The van der Waals surface area contributed by atoms with E-state index < -0.39 is 25.6 Å². The van der Waals surface area contributed by atoms with Gasteiger partial charge in [-0.1, -0.05) is 36.7 Å². The number of carbonyl (C=O) groups is 1. The van der Waals surface area contributed by atoms with E-state index in [4.69, 9.17) is 11.6 Å². The van der Waals surface area contributed by atoms with E-state index >= 15 is 0 Å². The molecule has 1 aromatic rings. The Morgan fingerprint density at radius 1 is 1.31 bits per heavy atom. The first-order chi connectivity index (χ1) is 12.0. The third-order valence-corrected chi connectivity index (χ3v) is 5.20. The average Bonchev–Trinajstić information content (AvgIpc) is 2.59.